The summed E-state index contributed by atoms with van der Waals surface area (Å²) in [5.41, 5.74) is 2.89. The molecule has 24 heavy (non-hydrogen) atoms. The lowest BCUT2D eigenvalue weighted by atomic mass is 10.1. The SMILES string of the molecule is CC1Cc2cc(C=C3N=C(c4ccccc4Cl)OC3=O)ccc2O1. The fourth-order valence-electron chi connectivity index (χ4n) is 2.85. The monoisotopic (exact) mass is 339 g/mol. The van der Waals surface area contributed by atoms with Crippen molar-refractivity contribution in [1.29, 1.82) is 0 Å². The molecular weight excluding hydrogens is 326 g/mol. The second-order valence-electron chi connectivity index (χ2n) is 5.82. The van der Waals surface area contributed by atoms with Crippen molar-refractivity contribution in [2.45, 2.75) is 19.4 Å². The lowest BCUT2D eigenvalue weighted by Crippen LogP contribution is -2.05. The highest BCUT2D eigenvalue weighted by Gasteiger charge is 2.26. The number of halogens is 1. The smallest absolute Gasteiger partial charge is 0.363 e. The first-order chi connectivity index (χ1) is 11.6. The molecule has 1 unspecified atom stereocenters. The number of rotatable bonds is 2. The Morgan fingerprint density at radius 1 is 1.25 bits per heavy atom. The van der Waals surface area contributed by atoms with Crippen molar-refractivity contribution in [1.82, 2.24) is 0 Å². The predicted molar refractivity (Wildman–Crippen MR) is 92.3 cm³/mol. The summed E-state index contributed by atoms with van der Waals surface area (Å²) >= 11 is 6.13. The molecule has 0 amide bonds. The summed E-state index contributed by atoms with van der Waals surface area (Å²) in [6, 6.07) is 13.0. The van der Waals surface area contributed by atoms with E-state index in [4.69, 9.17) is 21.1 Å². The first kappa shape index (κ1) is 15.0. The van der Waals surface area contributed by atoms with Crippen LogP contribution in [0.5, 0.6) is 5.75 Å². The van der Waals surface area contributed by atoms with Gasteiger partial charge in [0.1, 0.15) is 11.9 Å². The molecular formula is C19H14ClNO3. The molecule has 2 aromatic rings. The van der Waals surface area contributed by atoms with Gasteiger partial charge in [-0.05, 0) is 48.4 Å². The van der Waals surface area contributed by atoms with Crippen molar-refractivity contribution in [3.8, 4) is 5.75 Å². The van der Waals surface area contributed by atoms with Crippen molar-refractivity contribution < 1.29 is 14.3 Å². The number of nitrogens with zero attached hydrogens (tertiary/aromatic N) is 1. The van der Waals surface area contributed by atoms with Gasteiger partial charge in [-0.15, -0.1) is 0 Å². The predicted octanol–water partition coefficient (Wildman–Crippen LogP) is 4.01. The molecule has 0 aromatic heterocycles. The zero-order valence-corrected chi connectivity index (χ0v) is 13.7. The van der Waals surface area contributed by atoms with E-state index in [1.54, 1.807) is 18.2 Å². The Morgan fingerprint density at radius 3 is 2.92 bits per heavy atom. The molecule has 4 rings (SSSR count). The lowest BCUT2D eigenvalue weighted by Gasteiger charge is -2.02. The number of esters is 1. The molecule has 0 fully saturated rings. The summed E-state index contributed by atoms with van der Waals surface area (Å²) in [6.07, 6.45) is 2.77. The van der Waals surface area contributed by atoms with Gasteiger partial charge in [-0.1, -0.05) is 29.8 Å². The fourth-order valence-corrected chi connectivity index (χ4v) is 3.07. The van der Waals surface area contributed by atoms with Crippen LogP contribution in [0.15, 0.2) is 53.2 Å². The molecule has 0 aliphatic carbocycles. The van der Waals surface area contributed by atoms with Gasteiger partial charge in [-0.2, -0.15) is 0 Å². The topological polar surface area (TPSA) is 47.9 Å². The Labute approximate surface area is 144 Å². The molecule has 2 aromatic carbocycles. The number of cyclic esters (lactones) is 1. The van der Waals surface area contributed by atoms with E-state index < -0.39 is 5.97 Å². The average Bonchev–Trinajstić information content (AvgIpc) is 3.09. The number of hydrogen-bond acceptors (Lipinski definition) is 4. The molecule has 2 heterocycles. The second kappa shape index (κ2) is 5.80. The zero-order valence-electron chi connectivity index (χ0n) is 13.0. The third kappa shape index (κ3) is 2.69. The minimum absolute atomic E-state index is 0.184. The molecule has 2 aliphatic heterocycles. The highest BCUT2D eigenvalue weighted by Crippen LogP contribution is 2.30. The number of aliphatic imine (C=N–C) groups is 1. The molecule has 0 saturated heterocycles. The quantitative estimate of drug-likeness (QED) is 0.613. The maximum absolute atomic E-state index is 12.1. The number of fused-ring (bicyclic) bond motifs is 1. The largest absolute Gasteiger partial charge is 0.490 e. The highest BCUT2D eigenvalue weighted by atomic mass is 35.5. The van der Waals surface area contributed by atoms with Crippen LogP contribution in [0, 0.1) is 0 Å². The zero-order chi connectivity index (χ0) is 16.7. The van der Waals surface area contributed by atoms with Crippen molar-refractivity contribution in [3.63, 3.8) is 0 Å². The van der Waals surface area contributed by atoms with Crippen molar-refractivity contribution in [2.24, 2.45) is 4.99 Å². The van der Waals surface area contributed by atoms with E-state index in [0.29, 0.717) is 10.6 Å². The van der Waals surface area contributed by atoms with Gasteiger partial charge < -0.3 is 9.47 Å². The third-order valence-electron chi connectivity index (χ3n) is 3.95. The first-order valence-electron chi connectivity index (χ1n) is 7.67. The van der Waals surface area contributed by atoms with E-state index >= 15 is 0 Å². The molecule has 0 N–H and O–H groups in total. The van der Waals surface area contributed by atoms with Crippen LogP contribution in [0.4, 0.5) is 0 Å². The van der Waals surface area contributed by atoms with Gasteiger partial charge in [0, 0.05) is 6.42 Å². The van der Waals surface area contributed by atoms with Crippen LogP contribution in [-0.2, 0) is 16.0 Å². The summed E-state index contributed by atoms with van der Waals surface area (Å²) < 4.78 is 10.9. The molecule has 0 spiro atoms. The van der Waals surface area contributed by atoms with E-state index in [1.165, 1.54) is 0 Å². The molecule has 2 aliphatic rings. The molecule has 4 nitrogen and oxygen atoms in total. The molecule has 0 radical (unpaired) electrons. The van der Waals surface area contributed by atoms with Gasteiger partial charge in [0.25, 0.3) is 0 Å². The van der Waals surface area contributed by atoms with E-state index in [-0.39, 0.29) is 17.7 Å². The molecule has 120 valence electrons. The number of ether oxygens (including phenoxy) is 2. The Kier molecular flexibility index (Phi) is 3.62. The van der Waals surface area contributed by atoms with E-state index in [1.807, 2.05) is 37.3 Å². The van der Waals surface area contributed by atoms with Crippen molar-refractivity contribution >= 4 is 29.5 Å². The normalized spacial score (nSPS) is 20.6. The summed E-state index contributed by atoms with van der Waals surface area (Å²) in [4.78, 5) is 16.4. The molecule has 1 atom stereocenters. The van der Waals surface area contributed by atoms with Crippen LogP contribution < -0.4 is 4.74 Å². The lowest BCUT2D eigenvalue weighted by molar-refractivity contribution is -0.129. The number of carbonyl (C=O) groups excluding carboxylic acids is 1. The Bertz CT molecular complexity index is 901. The Hall–Kier alpha value is -2.59. The van der Waals surface area contributed by atoms with Crippen LogP contribution in [-0.4, -0.2) is 18.0 Å². The first-order valence-corrected chi connectivity index (χ1v) is 8.05. The fraction of sp³-hybridized carbons (Fsp3) is 0.158. The van der Waals surface area contributed by atoms with Gasteiger partial charge in [0.2, 0.25) is 5.90 Å². The minimum Gasteiger partial charge on any atom is -0.490 e. The van der Waals surface area contributed by atoms with Crippen LogP contribution in [0.3, 0.4) is 0 Å². The highest BCUT2D eigenvalue weighted by molar-refractivity contribution is 6.34. The third-order valence-corrected chi connectivity index (χ3v) is 4.28. The van der Waals surface area contributed by atoms with Crippen LogP contribution in [0.2, 0.25) is 5.02 Å². The molecule has 5 heteroatoms. The van der Waals surface area contributed by atoms with Gasteiger partial charge in [-0.3, -0.25) is 0 Å². The minimum atomic E-state index is -0.477. The summed E-state index contributed by atoms with van der Waals surface area (Å²) in [7, 11) is 0. The van der Waals surface area contributed by atoms with Crippen LogP contribution in [0.25, 0.3) is 6.08 Å². The molecule has 0 bridgehead atoms. The average molecular weight is 340 g/mol. The Balaban J connectivity index is 1.67. The molecule has 0 saturated carbocycles. The van der Waals surface area contributed by atoms with Crippen LogP contribution in [0.1, 0.15) is 23.6 Å². The van der Waals surface area contributed by atoms with Gasteiger partial charge >= 0.3 is 5.97 Å². The van der Waals surface area contributed by atoms with Gasteiger partial charge in [-0.25, -0.2) is 9.79 Å². The van der Waals surface area contributed by atoms with Crippen molar-refractivity contribution in [2.75, 3.05) is 0 Å². The standard InChI is InChI=1S/C19H14ClNO3/c1-11-8-13-9-12(6-7-17(13)23-11)10-16-19(22)24-18(21-16)14-4-2-3-5-15(14)20/h2-7,9-11H,8H2,1H3. The van der Waals surface area contributed by atoms with E-state index in [9.17, 15) is 4.79 Å². The van der Waals surface area contributed by atoms with Gasteiger partial charge in [0.15, 0.2) is 5.70 Å². The number of hydrogen-bond donors (Lipinski definition) is 0. The number of benzene rings is 2. The second-order valence-corrected chi connectivity index (χ2v) is 6.22. The summed E-state index contributed by atoms with van der Waals surface area (Å²) in [5.74, 6) is 0.656. The van der Waals surface area contributed by atoms with E-state index in [0.717, 1.165) is 23.3 Å². The van der Waals surface area contributed by atoms with Gasteiger partial charge in [0.05, 0.1) is 10.6 Å². The summed E-state index contributed by atoms with van der Waals surface area (Å²) in [5, 5.41) is 0.494. The maximum atomic E-state index is 12.1. The number of carbonyl (C=O) groups is 1. The Morgan fingerprint density at radius 2 is 2.08 bits per heavy atom. The maximum Gasteiger partial charge on any atom is 0.363 e. The van der Waals surface area contributed by atoms with Crippen LogP contribution >= 0.6 is 11.6 Å². The summed E-state index contributed by atoms with van der Waals surface area (Å²) in [6.45, 7) is 2.03. The van der Waals surface area contributed by atoms with Crippen molar-refractivity contribution in [3.05, 3.63) is 69.9 Å². The van der Waals surface area contributed by atoms with E-state index in [2.05, 4.69) is 4.99 Å².